The molecule has 0 radical (unpaired) electrons. The van der Waals surface area contributed by atoms with Crippen molar-refractivity contribution in [3.05, 3.63) is 75.0 Å². The zero-order valence-corrected chi connectivity index (χ0v) is 17.8. The average Bonchev–Trinajstić information content (AvgIpc) is 3.23. The van der Waals surface area contributed by atoms with Crippen molar-refractivity contribution in [3.63, 3.8) is 0 Å². The summed E-state index contributed by atoms with van der Waals surface area (Å²) in [6, 6.07) is 19.9. The molecule has 0 aliphatic rings. The van der Waals surface area contributed by atoms with E-state index < -0.39 is 0 Å². The number of benzene rings is 3. The van der Waals surface area contributed by atoms with E-state index in [1.807, 2.05) is 29.6 Å². The van der Waals surface area contributed by atoms with Crippen molar-refractivity contribution in [2.45, 2.75) is 0 Å². The standard InChI is InChI=1S/C23H15BrN2O2S/c1-28-21-11-14(10-19(24)22(21)27)9-16(12-25)23-26-20(13-29-23)18-8-4-6-15-5-2-3-7-17(15)18/h2-11,13,27H,1H3. The molecule has 6 heteroatoms. The number of hydrogen-bond donors (Lipinski definition) is 1. The van der Waals surface area contributed by atoms with Crippen molar-refractivity contribution in [2.24, 2.45) is 0 Å². The minimum atomic E-state index is 0.0237. The van der Waals surface area contributed by atoms with Gasteiger partial charge in [-0.2, -0.15) is 5.26 Å². The number of halogens is 1. The predicted molar refractivity (Wildman–Crippen MR) is 121 cm³/mol. The number of phenolic OH excluding ortho intramolecular Hbond substituents is 1. The molecule has 0 aliphatic carbocycles. The molecule has 1 N–H and O–H groups in total. The Morgan fingerprint density at radius 3 is 2.79 bits per heavy atom. The Morgan fingerprint density at radius 2 is 2.00 bits per heavy atom. The van der Waals surface area contributed by atoms with E-state index >= 15 is 0 Å². The van der Waals surface area contributed by atoms with Crippen LogP contribution in [0, 0.1) is 11.3 Å². The van der Waals surface area contributed by atoms with Gasteiger partial charge in [-0.05, 0) is 50.5 Å². The molecule has 0 saturated heterocycles. The lowest BCUT2D eigenvalue weighted by Gasteiger charge is -2.06. The van der Waals surface area contributed by atoms with Crippen molar-refractivity contribution >= 4 is 49.7 Å². The minimum Gasteiger partial charge on any atom is -0.503 e. The fourth-order valence-corrected chi connectivity index (χ4v) is 4.36. The van der Waals surface area contributed by atoms with Crippen LogP contribution in [-0.4, -0.2) is 17.2 Å². The number of allylic oxidation sites excluding steroid dienone is 1. The molecule has 142 valence electrons. The highest BCUT2D eigenvalue weighted by molar-refractivity contribution is 9.10. The molecule has 4 nitrogen and oxygen atoms in total. The maximum absolute atomic E-state index is 9.98. The van der Waals surface area contributed by atoms with E-state index in [4.69, 9.17) is 9.72 Å². The third-order valence-electron chi connectivity index (χ3n) is 4.50. The maximum Gasteiger partial charge on any atom is 0.172 e. The van der Waals surface area contributed by atoms with Gasteiger partial charge in [-0.1, -0.05) is 42.5 Å². The van der Waals surface area contributed by atoms with Crippen LogP contribution < -0.4 is 4.74 Å². The number of aromatic hydroxyl groups is 1. The fraction of sp³-hybridized carbons (Fsp3) is 0.0435. The lowest BCUT2D eigenvalue weighted by atomic mass is 10.0. The van der Waals surface area contributed by atoms with Gasteiger partial charge in [0.05, 0.1) is 22.8 Å². The third kappa shape index (κ3) is 3.75. The third-order valence-corrected chi connectivity index (χ3v) is 5.98. The first-order chi connectivity index (χ1) is 14.1. The van der Waals surface area contributed by atoms with Gasteiger partial charge in [0.25, 0.3) is 0 Å². The number of phenols is 1. The molecule has 4 aromatic rings. The highest BCUT2D eigenvalue weighted by Gasteiger charge is 2.13. The maximum atomic E-state index is 9.98. The lowest BCUT2D eigenvalue weighted by Crippen LogP contribution is -1.87. The van der Waals surface area contributed by atoms with Crippen molar-refractivity contribution in [1.82, 2.24) is 4.98 Å². The second-order valence-corrected chi connectivity index (χ2v) is 8.00. The van der Waals surface area contributed by atoms with Crippen LogP contribution in [0.2, 0.25) is 0 Å². The Labute approximate surface area is 180 Å². The average molecular weight is 463 g/mol. The summed E-state index contributed by atoms with van der Waals surface area (Å²) in [4.78, 5) is 4.72. The summed E-state index contributed by atoms with van der Waals surface area (Å²) in [6.07, 6.45) is 1.73. The van der Waals surface area contributed by atoms with Crippen LogP contribution >= 0.6 is 27.3 Å². The number of rotatable bonds is 4. The summed E-state index contributed by atoms with van der Waals surface area (Å²) in [6.45, 7) is 0. The summed E-state index contributed by atoms with van der Waals surface area (Å²) < 4.78 is 5.68. The summed E-state index contributed by atoms with van der Waals surface area (Å²) in [5.74, 6) is 0.356. The second-order valence-electron chi connectivity index (χ2n) is 6.29. The molecular formula is C23H15BrN2O2S. The molecule has 0 bridgehead atoms. The molecule has 0 aliphatic heterocycles. The van der Waals surface area contributed by atoms with Crippen molar-refractivity contribution in [1.29, 1.82) is 5.26 Å². The number of methoxy groups -OCH3 is 1. The molecule has 1 heterocycles. The van der Waals surface area contributed by atoms with Crippen LogP contribution in [-0.2, 0) is 0 Å². The Balaban J connectivity index is 1.76. The molecule has 0 amide bonds. The summed E-state index contributed by atoms with van der Waals surface area (Å²) in [5.41, 5.74) is 3.05. The van der Waals surface area contributed by atoms with Crippen molar-refractivity contribution in [2.75, 3.05) is 7.11 Å². The number of nitrogens with zero attached hydrogens (tertiary/aromatic N) is 2. The van der Waals surface area contributed by atoms with Gasteiger partial charge in [-0.3, -0.25) is 0 Å². The Kier molecular flexibility index (Phi) is 5.34. The normalized spacial score (nSPS) is 11.4. The number of ether oxygens (including phenoxy) is 1. The fourth-order valence-electron chi connectivity index (χ4n) is 3.11. The summed E-state index contributed by atoms with van der Waals surface area (Å²) >= 11 is 4.74. The van der Waals surface area contributed by atoms with Gasteiger partial charge >= 0.3 is 0 Å². The van der Waals surface area contributed by atoms with Gasteiger partial charge in [0, 0.05) is 10.9 Å². The highest BCUT2D eigenvalue weighted by Crippen LogP contribution is 2.37. The van der Waals surface area contributed by atoms with Gasteiger partial charge < -0.3 is 9.84 Å². The van der Waals surface area contributed by atoms with Crippen LogP contribution in [0.15, 0.2) is 64.5 Å². The molecule has 0 unspecified atom stereocenters. The summed E-state index contributed by atoms with van der Waals surface area (Å²) in [5, 5.41) is 24.6. The Bertz CT molecular complexity index is 1280. The minimum absolute atomic E-state index is 0.0237. The van der Waals surface area contributed by atoms with Gasteiger partial charge in [0.15, 0.2) is 11.5 Å². The van der Waals surface area contributed by atoms with Crippen LogP contribution in [0.25, 0.3) is 33.7 Å². The zero-order valence-electron chi connectivity index (χ0n) is 15.4. The molecule has 29 heavy (non-hydrogen) atoms. The first-order valence-electron chi connectivity index (χ1n) is 8.73. The first-order valence-corrected chi connectivity index (χ1v) is 10.4. The quantitative estimate of drug-likeness (QED) is 0.351. The lowest BCUT2D eigenvalue weighted by molar-refractivity contribution is 0.372. The van der Waals surface area contributed by atoms with Crippen LogP contribution in [0.3, 0.4) is 0 Å². The molecular weight excluding hydrogens is 448 g/mol. The van der Waals surface area contributed by atoms with Crippen LogP contribution in [0.1, 0.15) is 10.6 Å². The molecule has 1 aromatic heterocycles. The molecule has 0 spiro atoms. The van der Waals surface area contributed by atoms with E-state index in [2.05, 4.69) is 40.2 Å². The van der Waals surface area contributed by atoms with Gasteiger partial charge in [-0.15, -0.1) is 11.3 Å². The highest BCUT2D eigenvalue weighted by atomic mass is 79.9. The zero-order chi connectivity index (χ0) is 20.4. The monoisotopic (exact) mass is 462 g/mol. The van der Waals surface area contributed by atoms with Crippen molar-refractivity contribution < 1.29 is 9.84 Å². The smallest absolute Gasteiger partial charge is 0.172 e. The first kappa shape index (κ1) is 19.2. The summed E-state index contributed by atoms with van der Waals surface area (Å²) in [7, 11) is 1.48. The molecule has 0 saturated carbocycles. The van der Waals surface area contributed by atoms with E-state index in [0.29, 0.717) is 20.8 Å². The molecule has 4 rings (SSSR count). The molecule has 3 aromatic carbocycles. The Hall–Kier alpha value is -3.14. The van der Waals surface area contributed by atoms with Crippen molar-refractivity contribution in [3.8, 4) is 28.8 Å². The number of nitriles is 1. The number of thiazole rings is 1. The van der Waals surface area contributed by atoms with Gasteiger partial charge in [0.1, 0.15) is 11.1 Å². The largest absolute Gasteiger partial charge is 0.503 e. The van der Waals surface area contributed by atoms with E-state index in [-0.39, 0.29) is 5.75 Å². The van der Waals surface area contributed by atoms with Crippen LogP contribution in [0.5, 0.6) is 11.5 Å². The van der Waals surface area contributed by atoms with Crippen LogP contribution in [0.4, 0.5) is 0 Å². The second kappa shape index (κ2) is 8.08. The number of hydrogen-bond acceptors (Lipinski definition) is 5. The van der Waals surface area contributed by atoms with E-state index in [0.717, 1.165) is 27.6 Å². The topological polar surface area (TPSA) is 66.1 Å². The number of fused-ring (bicyclic) bond motifs is 1. The SMILES string of the molecule is COc1cc(C=C(C#N)c2nc(-c3cccc4ccccc34)cs2)cc(Br)c1O. The predicted octanol–water partition coefficient (Wildman–Crippen LogP) is 6.50. The Morgan fingerprint density at radius 1 is 1.21 bits per heavy atom. The van der Waals surface area contributed by atoms with E-state index in [1.54, 1.807) is 18.2 Å². The van der Waals surface area contributed by atoms with E-state index in [9.17, 15) is 10.4 Å². The van der Waals surface area contributed by atoms with Gasteiger partial charge in [-0.25, -0.2) is 4.98 Å². The molecule has 0 fully saturated rings. The van der Waals surface area contributed by atoms with Gasteiger partial charge in [0.2, 0.25) is 0 Å². The number of aromatic nitrogens is 1. The molecule has 0 atom stereocenters. The van der Waals surface area contributed by atoms with E-state index in [1.165, 1.54) is 18.4 Å².